The van der Waals surface area contributed by atoms with Crippen molar-refractivity contribution in [1.82, 2.24) is 15.1 Å². The van der Waals surface area contributed by atoms with Crippen molar-refractivity contribution in [3.05, 3.63) is 59.9 Å². The number of nitrogens with one attached hydrogen (secondary N) is 2. The van der Waals surface area contributed by atoms with Gasteiger partial charge in [0.1, 0.15) is 5.82 Å². The smallest absolute Gasteiger partial charge is 0.475 e. The molecule has 4 rings (SSSR count). The molecule has 3 N–H and O–H groups in total. The molecule has 0 aliphatic carbocycles. The molecule has 14 heteroatoms. The van der Waals surface area contributed by atoms with Gasteiger partial charge < -0.3 is 24.9 Å². The van der Waals surface area contributed by atoms with E-state index < -0.39 is 12.1 Å². The van der Waals surface area contributed by atoms with E-state index in [2.05, 4.69) is 25.7 Å². The van der Waals surface area contributed by atoms with E-state index in [-0.39, 0.29) is 11.7 Å². The number of carboxylic acids is 1. The number of ether oxygens (including phenoxy) is 1. The summed E-state index contributed by atoms with van der Waals surface area (Å²) in [6.07, 6.45) is -4.11. The number of halogens is 4. The van der Waals surface area contributed by atoms with Crippen LogP contribution in [0, 0.1) is 5.82 Å². The van der Waals surface area contributed by atoms with Crippen molar-refractivity contribution in [2.75, 3.05) is 50.0 Å². The highest BCUT2D eigenvalue weighted by Gasteiger charge is 2.38. The van der Waals surface area contributed by atoms with Crippen molar-refractivity contribution in [2.24, 2.45) is 0 Å². The molecule has 38 heavy (non-hydrogen) atoms. The zero-order chi connectivity index (χ0) is 27.5. The Morgan fingerprint density at radius 3 is 2.24 bits per heavy atom. The molecule has 2 aromatic carbocycles. The van der Waals surface area contributed by atoms with Crippen LogP contribution in [0.2, 0.25) is 0 Å². The van der Waals surface area contributed by atoms with E-state index in [0.29, 0.717) is 23.2 Å². The molecule has 0 atom stereocenters. The van der Waals surface area contributed by atoms with Crippen molar-refractivity contribution >= 4 is 23.6 Å². The first-order valence-corrected chi connectivity index (χ1v) is 11.5. The number of aromatic nitrogens is 2. The lowest BCUT2D eigenvalue weighted by atomic mass is 10.2. The number of amides is 1. The lowest BCUT2D eigenvalue weighted by Crippen LogP contribution is -2.37. The van der Waals surface area contributed by atoms with Crippen molar-refractivity contribution in [1.29, 1.82) is 0 Å². The highest BCUT2D eigenvalue weighted by atomic mass is 19.4. The third-order valence-electron chi connectivity index (χ3n) is 5.19. The second-order valence-electron chi connectivity index (χ2n) is 7.99. The van der Waals surface area contributed by atoms with Gasteiger partial charge >= 0.3 is 18.2 Å². The molecule has 0 bridgehead atoms. The fraction of sp³-hybridized carbons (Fsp3) is 0.333. The first-order valence-electron chi connectivity index (χ1n) is 11.5. The standard InChI is InChI=1S/C22H24FN5O3.C2HF3O2/c23-18-6-2-16(3-7-18)20(29)25-19-8-4-17(5-9-19)21-26-27-22(31-21)24-10-1-11-28-12-14-30-15-13-28;3-2(4,5)1(6)7/h2-9H,1,10-15H2,(H,24,27)(H,25,29);(H,6,7). The largest absolute Gasteiger partial charge is 0.490 e. The van der Waals surface area contributed by atoms with Gasteiger partial charge in [0.05, 0.1) is 13.2 Å². The fourth-order valence-electron chi connectivity index (χ4n) is 3.23. The van der Waals surface area contributed by atoms with Crippen LogP contribution in [0.4, 0.5) is 29.3 Å². The first kappa shape index (κ1) is 28.5. The van der Waals surface area contributed by atoms with Crippen molar-refractivity contribution in [3.8, 4) is 11.5 Å². The number of rotatable bonds is 8. The van der Waals surface area contributed by atoms with Gasteiger partial charge in [0.25, 0.3) is 5.91 Å². The molecule has 1 aliphatic heterocycles. The monoisotopic (exact) mass is 539 g/mol. The molecule has 0 radical (unpaired) electrons. The Kier molecular flexibility index (Phi) is 10.1. The number of hydrogen-bond acceptors (Lipinski definition) is 8. The van der Waals surface area contributed by atoms with Gasteiger partial charge in [-0.05, 0) is 61.5 Å². The van der Waals surface area contributed by atoms with Gasteiger partial charge in [0.15, 0.2) is 0 Å². The maximum Gasteiger partial charge on any atom is 0.490 e. The SMILES string of the molecule is O=C(Nc1ccc(-c2nnc(NCCCN3CCOCC3)o2)cc1)c1ccc(F)cc1.O=C(O)C(F)(F)F. The summed E-state index contributed by atoms with van der Waals surface area (Å²) in [5.74, 6) is -3.06. The minimum Gasteiger partial charge on any atom is -0.475 e. The predicted octanol–water partition coefficient (Wildman–Crippen LogP) is 3.90. The summed E-state index contributed by atoms with van der Waals surface area (Å²) in [6, 6.07) is 12.8. The lowest BCUT2D eigenvalue weighted by molar-refractivity contribution is -0.192. The van der Waals surface area contributed by atoms with E-state index in [1.165, 1.54) is 24.3 Å². The molecule has 204 valence electrons. The predicted molar refractivity (Wildman–Crippen MR) is 128 cm³/mol. The van der Waals surface area contributed by atoms with Gasteiger partial charge in [-0.1, -0.05) is 5.10 Å². The Morgan fingerprint density at radius 2 is 1.63 bits per heavy atom. The van der Waals surface area contributed by atoms with Crippen LogP contribution in [0.15, 0.2) is 52.9 Å². The van der Waals surface area contributed by atoms with Crippen molar-refractivity contribution in [3.63, 3.8) is 0 Å². The van der Waals surface area contributed by atoms with Gasteiger partial charge in [-0.2, -0.15) is 13.2 Å². The molecular weight excluding hydrogens is 514 g/mol. The average Bonchev–Trinajstić information content (AvgIpc) is 3.37. The molecule has 1 aliphatic rings. The number of anilines is 2. The van der Waals surface area contributed by atoms with Gasteiger partial charge in [0, 0.05) is 36.4 Å². The topological polar surface area (TPSA) is 130 Å². The molecule has 1 aromatic heterocycles. The van der Waals surface area contributed by atoms with Crippen molar-refractivity contribution < 1.29 is 41.4 Å². The molecule has 1 amide bonds. The van der Waals surface area contributed by atoms with Crippen LogP contribution in [0.1, 0.15) is 16.8 Å². The summed E-state index contributed by atoms with van der Waals surface area (Å²) in [5.41, 5.74) is 1.74. The van der Waals surface area contributed by atoms with Gasteiger partial charge in [0.2, 0.25) is 5.89 Å². The maximum absolute atomic E-state index is 13.0. The summed E-state index contributed by atoms with van der Waals surface area (Å²) in [7, 11) is 0. The number of carbonyl (C=O) groups is 2. The van der Waals surface area contributed by atoms with E-state index in [1.54, 1.807) is 24.3 Å². The highest BCUT2D eigenvalue weighted by molar-refractivity contribution is 6.04. The second kappa shape index (κ2) is 13.5. The zero-order valence-corrected chi connectivity index (χ0v) is 20.0. The normalized spacial score (nSPS) is 13.8. The van der Waals surface area contributed by atoms with Crippen LogP contribution >= 0.6 is 0 Å². The third kappa shape index (κ3) is 9.12. The Morgan fingerprint density at radius 1 is 1.00 bits per heavy atom. The number of aliphatic carboxylic acids is 1. The van der Waals surface area contributed by atoms with E-state index in [4.69, 9.17) is 19.1 Å². The Bertz CT molecular complexity index is 1180. The lowest BCUT2D eigenvalue weighted by Gasteiger charge is -2.26. The summed E-state index contributed by atoms with van der Waals surface area (Å²) in [6.45, 7) is 5.30. The van der Waals surface area contributed by atoms with Gasteiger partial charge in [-0.25, -0.2) is 9.18 Å². The fourth-order valence-corrected chi connectivity index (χ4v) is 3.23. The third-order valence-corrected chi connectivity index (χ3v) is 5.19. The molecular formula is C24H25F4N5O5. The Labute approximate surface area is 214 Å². The van der Waals surface area contributed by atoms with E-state index in [9.17, 15) is 22.4 Å². The number of morpholine rings is 1. The summed E-state index contributed by atoms with van der Waals surface area (Å²) in [4.78, 5) is 23.5. The van der Waals surface area contributed by atoms with E-state index >= 15 is 0 Å². The molecule has 10 nitrogen and oxygen atoms in total. The molecule has 2 heterocycles. The Balaban J connectivity index is 0.000000505. The maximum atomic E-state index is 13.0. The molecule has 0 spiro atoms. The van der Waals surface area contributed by atoms with Crippen molar-refractivity contribution in [2.45, 2.75) is 12.6 Å². The summed E-state index contributed by atoms with van der Waals surface area (Å²) < 4.78 is 55.7. The minimum absolute atomic E-state index is 0.311. The molecule has 0 saturated carbocycles. The molecule has 3 aromatic rings. The average molecular weight is 539 g/mol. The van der Waals surface area contributed by atoms with Crippen LogP contribution in [0.5, 0.6) is 0 Å². The van der Waals surface area contributed by atoms with Crippen LogP contribution in [-0.2, 0) is 9.53 Å². The first-order chi connectivity index (χ1) is 18.1. The molecule has 1 saturated heterocycles. The zero-order valence-electron chi connectivity index (χ0n) is 20.0. The second-order valence-corrected chi connectivity index (χ2v) is 7.99. The van der Waals surface area contributed by atoms with Gasteiger partial charge in [-0.15, -0.1) is 5.10 Å². The number of carboxylic acid groups (broad SMARTS) is 1. The number of benzene rings is 2. The number of alkyl halides is 3. The van der Waals surface area contributed by atoms with Gasteiger partial charge in [-0.3, -0.25) is 9.69 Å². The molecule has 1 fully saturated rings. The molecule has 0 unspecified atom stereocenters. The quantitative estimate of drug-likeness (QED) is 0.288. The minimum atomic E-state index is -5.08. The number of hydrogen-bond donors (Lipinski definition) is 3. The summed E-state index contributed by atoms with van der Waals surface area (Å²) >= 11 is 0. The van der Waals surface area contributed by atoms with Crippen LogP contribution < -0.4 is 10.6 Å². The number of nitrogens with zero attached hydrogens (tertiary/aromatic N) is 3. The van der Waals surface area contributed by atoms with Crippen LogP contribution in [-0.4, -0.2) is 77.6 Å². The highest BCUT2D eigenvalue weighted by Crippen LogP contribution is 2.22. The van der Waals surface area contributed by atoms with E-state index in [0.717, 1.165) is 51.4 Å². The summed E-state index contributed by atoms with van der Waals surface area (Å²) in [5, 5.41) is 21.2. The van der Waals surface area contributed by atoms with Crippen LogP contribution in [0.25, 0.3) is 11.5 Å². The Hall–Kier alpha value is -4.04. The van der Waals surface area contributed by atoms with Crippen LogP contribution in [0.3, 0.4) is 0 Å². The number of carbonyl (C=O) groups excluding carboxylic acids is 1. The van der Waals surface area contributed by atoms with E-state index in [1.807, 2.05) is 0 Å².